The lowest BCUT2D eigenvalue weighted by molar-refractivity contribution is 0.127. The largest absolute Gasteiger partial charge is 0.493 e. The van der Waals surface area contributed by atoms with Crippen LogP contribution in [0.15, 0.2) is 30.6 Å². The number of likely N-dealkylation sites (tertiary alicyclic amines) is 1. The van der Waals surface area contributed by atoms with E-state index in [4.69, 9.17) is 4.74 Å². The van der Waals surface area contributed by atoms with Gasteiger partial charge in [-0.15, -0.1) is 10.2 Å². The predicted molar refractivity (Wildman–Crippen MR) is 90.6 cm³/mol. The summed E-state index contributed by atoms with van der Waals surface area (Å²) in [6.07, 6.45) is 4.33. The third kappa shape index (κ3) is 4.55. The van der Waals surface area contributed by atoms with Crippen LogP contribution in [0, 0.1) is 19.8 Å². The van der Waals surface area contributed by atoms with E-state index in [2.05, 4.69) is 44.8 Å². The Hall–Kier alpha value is -1.88. The zero-order chi connectivity index (χ0) is 16.1. The van der Waals surface area contributed by atoms with Gasteiger partial charge in [0.05, 0.1) is 6.61 Å². The first-order chi connectivity index (χ1) is 11.2. The standard InChI is InChI=1S/C18H26N4O/c1-15-5-3-7-18(11-15)23-13-17-6-4-8-21(12-17)9-10-22-14-19-20-16(22)2/h3,5,7,11,14,17H,4,6,8-10,12-13H2,1-2H3/t17-/m1/s1. The van der Waals surface area contributed by atoms with Crippen molar-refractivity contribution < 1.29 is 4.74 Å². The van der Waals surface area contributed by atoms with Gasteiger partial charge in [-0.2, -0.15) is 0 Å². The minimum Gasteiger partial charge on any atom is -0.493 e. The first-order valence-corrected chi connectivity index (χ1v) is 8.47. The molecular weight excluding hydrogens is 288 g/mol. The zero-order valence-corrected chi connectivity index (χ0v) is 14.1. The molecule has 124 valence electrons. The van der Waals surface area contributed by atoms with E-state index in [1.165, 1.54) is 24.9 Å². The van der Waals surface area contributed by atoms with E-state index < -0.39 is 0 Å². The lowest BCUT2D eigenvalue weighted by Gasteiger charge is -2.32. The maximum absolute atomic E-state index is 5.99. The fourth-order valence-electron chi connectivity index (χ4n) is 3.19. The van der Waals surface area contributed by atoms with Crippen molar-refractivity contribution in [3.05, 3.63) is 42.0 Å². The summed E-state index contributed by atoms with van der Waals surface area (Å²) in [5.41, 5.74) is 1.25. The summed E-state index contributed by atoms with van der Waals surface area (Å²) in [5, 5.41) is 7.98. The van der Waals surface area contributed by atoms with E-state index in [0.717, 1.165) is 37.8 Å². The molecule has 2 heterocycles. The zero-order valence-electron chi connectivity index (χ0n) is 14.1. The molecule has 0 saturated carbocycles. The molecule has 0 bridgehead atoms. The molecule has 1 fully saturated rings. The molecule has 0 aliphatic carbocycles. The van der Waals surface area contributed by atoms with Crippen LogP contribution in [-0.4, -0.2) is 45.9 Å². The van der Waals surface area contributed by atoms with Gasteiger partial charge in [-0.3, -0.25) is 0 Å². The highest BCUT2D eigenvalue weighted by atomic mass is 16.5. The van der Waals surface area contributed by atoms with Gasteiger partial charge >= 0.3 is 0 Å². The average molecular weight is 314 g/mol. The number of piperidine rings is 1. The monoisotopic (exact) mass is 314 g/mol. The minimum atomic E-state index is 0.617. The van der Waals surface area contributed by atoms with E-state index >= 15 is 0 Å². The van der Waals surface area contributed by atoms with Crippen LogP contribution in [0.3, 0.4) is 0 Å². The Labute approximate surface area is 138 Å². The molecule has 2 aromatic rings. The van der Waals surface area contributed by atoms with Crippen LogP contribution in [0.1, 0.15) is 24.2 Å². The van der Waals surface area contributed by atoms with E-state index in [-0.39, 0.29) is 0 Å². The number of hydrogen-bond donors (Lipinski definition) is 0. The summed E-state index contributed by atoms with van der Waals surface area (Å²) < 4.78 is 8.11. The molecular formula is C18H26N4O. The van der Waals surface area contributed by atoms with Gasteiger partial charge in [0.1, 0.15) is 17.9 Å². The molecule has 23 heavy (non-hydrogen) atoms. The molecule has 1 aliphatic heterocycles. The predicted octanol–water partition coefficient (Wildman–Crippen LogP) is 2.69. The van der Waals surface area contributed by atoms with Gasteiger partial charge in [-0.1, -0.05) is 12.1 Å². The molecule has 5 heteroatoms. The fourth-order valence-corrected chi connectivity index (χ4v) is 3.19. The molecule has 0 N–H and O–H groups in total. The molecule has 0 spiro atoms. The van der Waals surface area contributed by atoms with Gasteiger partial charge in [-0.25, -0.2) is 0 Å². The highest BCUT2D eigenvalue weighted by molar-refractivity contribution is 5.27. The summed E-state index contributed by atoms with van der Waals surface area (Å²) in [7, 11) is 0. The normalized spacial score (nSPS) is 19.0. The molecule has 1 saturated heterocycles. The quantitative estimate of drug-likeness (QED) is 0.822. The van der Waals surface area contributed by atoms with Gasteiger partial charge in [0.25, 0.3) is 0 Å². The second-order valence-electron chi connectivity index (χ2n) is 6.51. The number of ether oxygens (including phenoxy) is 1. The highest BCUT2D eigenvalue weighted by Gasteiger charge is 2.20. The van der Waals surface area contributed by atoms with Crippen molar-refractivity contribution in [2.24, 2.45) is 5.92 Å². The molecule has 0 unspecified atom stereocenters. The SMILES string of the molecule is Cc1cccc(OC[C@@H]2CCCN(CCn3cnnc3C)C2)c1. The number of rotatable bonds is 6. The van der Waals surface area contributed by atoms with Crippen molar-refractivity contribution in [3.8, 4) is 5.75 Å². The van der Waals surface area contributed by atoms with Crippen LogP contribution >= 0.6 is 0 Å². The second kappa shape index (κ2) is 7.59. The van der Waals surface area contributed by atoms with Crippen LogP contribution in [0.5, 0.6) is 5.75 Å². The van der Waals surface area contributed by atoms with Crippen molar-refractivity contribution in [2.75, 3.05) is 26.2 Å². The van der Waals surface area contributed by atoms with E-state index in [9.17, 15) is 0 Å². The van der Waals surface area contributed by atoms with Crippen LogP contribution in [0.2, 0.25) is 0 Å². The third-order valence-corrected chi connectivity index (χ3v) is 4.54. The summed E-state index contributed by atoms with van der Waals surface area (Å²) in [6, 6.07) is 8.30. The number of aromatic nitrogens is 3. The van der Waals surface area contributed by atoms with Gasteiger partial charge in [-0.05, 0) is 50.9 Å². The Balaban J connectivity index is 1.45. The Kier molecular flexibility index (Phi) is 5.28. The van der Waals surface area contributed by atoms with E-state index in [1.54, 1.807) is 0 Å². The number of hydrogen-bond acceptors (Lipinski definition) is 4. The summed E-state index contributed by atoms with van der Waals surface area (Å²) >= 11 is 0. The minimum absolute atomic E-state index is 0.617. The van der Waals surface area contributed by atoms with Gasteiger partial charge in [0.15, 0.2) is 0 Å². The second-order valence-corrected chi connectivity index (χ2v) is 6.51. The smallest absolute Gasteiger partial charge is 0.129 e. The van der Waals surface area contributed by atoms with Crippen molar-refractivity contribution in [1.29, 1.82) is 0 Å². The lowest BCUT2D eigenvalue weighted by Crippen LogP contribution is -2.39. The summed E-state index contributed by atoms with van der Waals surface area (Å²) in [4.78, 5) is 2.53. The van der Waals surface area contributed by atoms with Crippen LogP contribution in [0.25, 0.3) is 0 Å². The van der Waals surface area contributed by atoms with Crippen LogP contribution in [0.4, 0.5) is 0 Å². The molecule has 5 nitrogen and oxygen atoms in total. The van der Waals surface area contributed by atoms with Crippen molar-refractivity contribution in [2.45, 2.75) is 33.2 Å². The van der Waals surface area contributed by atoms with Gasteiger partial charge in [0.2, 0.25) is 0 Å². The maximum atomic E-state index is 5.99. The first kappa shape index (κ1) is 16.0. The topological polar surface area (TPSA) is 43.2 Å². The lowest BCUT2D eigenvalue weighted by atomic mass is 9.99. The molecule has 1 aliphatic rings. The molecule has 1 aromatic carbocycles. The fraction of sp³-hybridized carbons (Fsp3) is 0.556. The highest BCUT2D eigenvalue weighted by Crippen LogP contribution is 2.19. The van der Waals surface area contributed by atoms with Crippen molar-refractivity contribution in [3.63, 3.8) is 0 Å². The maximum Gasteiger partial charge on any atom is 0.129 e. The van der Waals surface area contributed by atoms with Gasteiger partial charge < -0.3 is 14.2 Å². The first-order valence-electron chi connectivity index (χ1n) is 8.47. The van der Waals surface area contributed by atoms with Crippen molar-refractivity contribution in [1.82, 2.24) is 19.7 Å². The molecule has 0 radical (unpaired) electrons. The molecule has 0 amide bonds. The number of benzene rings is 1. The van der Waals surface area contributed by atoms with Gasteiger partial charge in [0, 0.05) is 25.6 Å². The Morgan fingerprint density at radius 1 is 1.26 bits per heavy atom. The van der Waals surface area contributed by atoms with Crippen molar-refractivity contribution >= 4 is 0 Å². The molecule has 3 rings (SSSR count). The molecule has 1 atom stereocenters. The Morgan fingerprint density at radius 2 is 2.17 bits per heavy atom. The van der Waals surface area contributed by atoms with Crippen LogP contribution in [-0.2, 0) is 6.54 Å². The Morgan fingerprint density at radius 3 is 2.96 bits per heavy atom. The third-order valence-electron chi connectivity index (χ3n) is 4.54. The number of nitrogens with zero attached hydrogens (tertiary/aromatic N) is 4. The van der Waals surface area contributed by atoms with E-state index in [0.29, 0.717) is 5.92 Å². The Bertz CT molecular complexity index is 625. The number of aryl methyl sites for hydroxylation is 2. The molecule has 1 aromatic heterocycles. The summed E-state index contributed by atoms with van der Waals surface area (Å²) in [6.45, 7) is 9.23. The average Bonchev–Trinajstić information content (AvgIpc) is 2.97. The summed E-state index contributed by atoms with van der Waals surface area (Å²) in [5.74, 6) is 2.59. The van der Waals surface area contributed by atoms with Crippen LogP contribution < -0.4 is 4.74 Å². The van der Waals surface area contributed by atoms with E-state index in [1.807, 2.05) is 19.3 Å².